The van der Waals surface area contributed by atoms with Crippen molar-refractivity contribution in [2.75, 3.05) is 34.5 Å². The predicted molar refractivity (Wildman–Crippen MR) is 106 cm³/mol. The molecular weight excluding hydrogens is 377 g/mol. The molecule has 7 heteroatoms. The van der Waals surface area contributed by atoms with Gasteiger partial charge in [0.15, 0.2) is 11.5 Å². The van der Waals surface area contributed by atoms with E-state index >= 15 is 0 Å². The topological polar surface area (TPSA) is 57.2 Å². The van der Waals surface area contributed by atoms with Crippen LogP contribution in [0.15, 0.2) is 36.4 Å². The quantitative estimate of drug-likeness (QED) is 0.673. The van der Waals surface area contributed by atoms with Crippen LogP contribution in [0.2, 0.25) is 0 Å². The third-order valence-electron chi connectivity index (χ3n) is 4.94. The fraction of sp³-hybridized carbons (Fsp3) is 0.409. The van der Waals surface area contributed by atoms with Crippen LogP contribution in [-0.4, -0.2) is 51.4 Å². The summed E-state index contributed by atoms with van der Waals surface area (Å²) >= 11 is 0. The van der Waals surface area contributed by atoms with E-state index in [4.69, 9.17) is 18.9 Å². The normalized spacial score (nSPS) is 15.8. The second-order valence-electron chi connectivity index (χ2n) is 6.83. The Balaban J connectivity index is 1.92. The molecule has 0 aromatic heterocycles. The highest BCUT2D eigenvalue weighted by Crippen LogP contribution is 2.38. The first-order valence-corrected chi connectivity index (χ1v) is 9.51. The van der Waals surface area contributed by atoms with Gasteiger partial charge in [-0.25, -0.2) is 4.39 Å². The summed E-state index contributed by atoms with van der Waals surface area (Å²) in [7, 11) is 4.61. The van der Waals surface area contributed by atoms with Gasteiger partial charge < -0.3 is 23.8 Å². The highest BCUT2D eigenvalue weighted by atomic mass is 19.1. The number of ether oxygens (including phenoxy) is 4. The van der Waals surface area contributed by atoms with E-state index in [9.17, 15) is 9.18 Å². The van der Waals surface area contributed by atoms with Crippen LogP contribution in [0.5, 0.6) is 17.2 Å². The van der Waals surface area contributed by atoms with Gasteiger partial charge in [0.05, 0.1) is 33.0 Å². The van der Waals surface area contributed by atoms with Crippen LogP contribution in [0.1, 0.15) is 28.8 Å². The summed E-state index contributed by atoms with van der Waals surface area (Å²) in [5.41, 5.74) is 0.820. The second kappa shape index (κ2) is 9.60. The zero-order chi connectivity index (χ0) is 20.8. The number of amides is 1. The fourth-order valence-corrected chi connectivity index (χ4v) is 3.51. The average Bonchev–Trinajstić information content (AvgIpc) is 3.25. The van der Waals surface area contributed by atoms with Gasteiger partial charge in [0, 0.05) is 19.7 Å². The molecule has 1 aliphatic rings. The first-order chi connectivity index (χ1) is 14.1. The van der Waals surface area contributed by atoms with E-state index in [-0.39, 0.29) is 24.1 Å². The lowest BCUT2D eigenvalue weighted by Gasteiger charge is -2.26. The zero-order valence-electron chi connectivity index (χ0n) is 16.9. The van der Waals surface area contributed by atoms with Crippen molar-refractivity contribution in [3.63, 3.8) is 0 Å². The van der Waals surface area contributed by atoms with Gasteiger partial charge >= 0.3 is 0 Å². The number of benzene rings is 2. The Morgan fingerprint density at radius 2 is 1.83 bits per heavy atom. The van der Waals surface area contributed by atoms with E-state index in [2.05, 4.69) is 0 Å². The molecule has 3 rings (SSSR count). The summed E-state index contributed by atoms with van der Waals surface area (Å²) in [5, 5.41) is 0. The summed E-state index contributed by atoms with van der Waals surface area (Å²) in [5.74, 6) is 0.548. The van der Waals surface area contributed by atoms with E-state index in [0.29, 0.717) is 30.4 Å². The van der Waals surface area contributed by atoms with Crippen LogP contribution in [0, 0.1) is 5.82 Å². The van der Waals surface area contributed by atoms with Gasteiger partial charge in [-0.1, -0.05) is 12.1 Å². The number of hydrogen-bond donors (Lipinski definition) is 0. The lowest BCUT2D eigenvalue weighted by molar-refractivity contribution is 0.0503. The number of carbonyl (C=O) groups is 1. The first kappa shape index (κ1) is 20.9. The van der Waals surface area contributed by atoms with Gasteiger partial charge in [-0.2, -0.15) is 0 Å². The van der Waals surface area contributed by atoms with E-state index in [1.807, 2.05) is 0 Å². The summed E-state index contributed by atoms with van der Waals surface area (Å²) in [6, 6.07) is 9.58. The largest absolute Gasteiger partial charge is 0.493 e. The molecule has 1 amide bonds. The lowest BCUT2D eigenvalue weighted by atomic mass is 10.1. The van der Waals surface area contributed by atoms with Gasteiger partial charge in [-0.3, -0.25) is 4.79 Å². The molecule has 1 saturated heterocycles. The highest BCUT2D eigenvalue weighted by Gasteiger charge is 2.26. The van der Waals surface area contributed by atoms with Crippen molar-refractivity contribution in [1.29, 1.82) is 0 Å². The van der Waals surface area contributed by atoms with Crippen molar-refractivity contribution in [1.82, 2.24) is 4.90 Å². The average molecular weight is 403 g/mol. The predicted octanol–water partition coefficient (Wildman–Crippen LogP) is 3.67. The van der Waals surface area contributed by atoms with Crippen molar-refractivity contribution < 1.29 is 28.1 Å². The molecule has 1 fully saturated rings. The molecule has 2 aromatic carbocycles. The van der Waals surface area contributed by atoms with Crippen LogP contribution in [0.3, 0.4) is 0 Å². The smallest absolute Gasteiger partial charge is 0.257 e. The van der Waals surface area contributed by atoms with Crippen LogP contribution in [-0.2, 0) is 11.3 Å². The molecule has 6 nitrogen and oxygen atoms in total. The fourth-order valence-electron chi connectivity index (χ4n) is 3.51. The Hall–Kier alpha value is -2.80. The standard InChI is InChI=1S/C22H26FNO5/c1-26-19-11-15(12-20(27-2)21(19)28-3)13-24(14-16-7-6-10-29-16)22(25)17-8-4-5-9-18(17)23/h4-5,8-9,11-12,16H,6-7,10,13-14H2,1-3H3/t16-/m1/s1. The Morgan fingerprint density at radius 3 is 2.38 bits per heavy atom. The van der Waals surface area contributed by atoms with E-state index in [1.165, 1.54) is 33.5 Å². The molecule has 0 bridgehead atoms. The maximum Gasteiger partial charge on any atom is 0.257 e. The number of rotatable bonds is 8. The number of halogens is 1. The zero-order valence-corrected chi connectivity index (χ0v) is 16.9. The molecule has 0 radical (unpaired) electrons. The molecule has 156 valence electrons. The van der Waals surface area contributed by atoms with E-state index in [1.54, 1.807) is 29.2 Å². The number of carbonyl (C=O) groups excluding carboxylic acids is 1. The minimum atomic E-state index is -0.542. The van der Waals surface area contributed by atoms with Crippen molar-refractivity contribution >= 4 is 5.91 Å². The maximum absolute atomic E-state index is 14.3. The van der Waals surface area contributed by atoms with Crippen LogP contribution < -0.4 is 14.2 Å². The first-order valence-electron chi connectivity index (χ1n) is 9.51. The van der Waals surface area contributed by atoms with Crippen molar-refractivity contribution in [2.45, 2.75) is 25.5 Å². The summed E-state index contributed by atoms with van der Waals surface area (Å²) in [6.07, 6.45) is 1.76. The second-order valence-corrected chi connectivity index (χ2v) is 6.83. The molecular formula is C22H26FNO5. The van der Waals surface area contributed by atoms with Gasteiger partial charge in [0.25, 0.3) is 5.91 Å². The summed E-state index contributed by atoms with van der Waals surface area (Å²) in [4.78, 5) is 14.7. The van der Waals surface area contributed by atoms with Crippen molar-refractivity contribution in [2.24, 2.45) is 0 Å². The molecule has 0 saturated carbocycles. The van der Waals surface area contributed by atoms with Gasteiger partial charge in [0.1, 0.15) is 5.82 Å². The Kier molecular flexibility index (Phi) is 6.93. The van der Waals surface area contributed by atoms with Gasteiger partial charge in [-0.15, -0.1) is 0 Å². The molecule has 1 aliphatic heterocycles. The summed E-state index contributed by atoms with van der Waals surface area (Å²) in [6.45, 7) is 1.31. The molecule has 0 spiro atoms. The van der Waals surface area contributed by atoms with Crippen molar-refractivity contribution in [3.05, 3.63) is 53.3 Å². The molecule has 29 heavy (non-hydrogen) atoms. The number of hydrogen-bond acceptors (Lipinski definition) is 5. The Morgan fingerprint density at radius 1 is 1.14 bits per heavy atom. The van der Waals surface area contributed by atoms with Crippen LogP contribution >= 0.6 is 0 Å². The summed E-state index contributed by atoms with van der Waals surface area (Å²) < 4.78 is 36.1. The monoisotopic (exact) mass is 403 g/mol. The van der Waals surface area contributed by atoms with Gasteiger partial charge in [-0.05, 0) is 42.7 Å². The Bertz CT molecular complexity index is 826. The van der Waals surface area contributed by atoms with E-state index < -0.39 is 5.82 Å². The van der Waals surface area contributed by atoms with Crippen LogP contribution in [0.4, 0.5) is 4.39 Å². The lowest BCUT2D eigenvalue weighted by Crippen LogP contribution is -2.37. The van der Waals surface area contributed by atoms with E-state index in [0.717, 1.165) is 18.4 Å². The molecule has 1 atom stereocenters. The van der Waals surface area contributed by atoms with Crippen LogP contribution in [0.25, 0.3) is 0 Å². The number of methoxy groups -OCH3 is 3. The Labute approximate surface area is 170 Å². The number of nitrogens with zero attached hydrogens (tertiary/aromatic N) is 1. The molecule has 0 N–H and O–H groups in total. The van der Waals surface area contributed by atoms with Crippen molar-refractivity contribution in [3.8, 4) is 17.2 Å². The minimum absolute atomic E-state index is 0.0398. The highest BCUT2D eigenvalue weighted by molar-refractivity contribution is 5.94. The minimum Gasteiger partial charge on any atom is -0.493 e. The third-order valence-corrected chi connectivity index (χ3v) is 4.94. The van der Waals surface area contributed by atoms with Gasteiger partial charge in [0.2, 0.25) is 5.75 Å². The SMILES string of the molecule is COc1cc(CN(C[C@H]2CCCO2)C(=O)c2ccccc2F)cc(OC)c1OC. The third kappa shape index (κ3) is 4.79. The maximum atomic E-state index is 14.3. The molecule has 0 aliphatic carbocycles. The molecule has 1 heterocycles. The molecule has 2 aromatic rings. The molecule has 0 unspecified atom stereocenters.